The second kappa shape index (κ2) is 8.50. The predicted molar refractivity (Wildman–Crippen MR) is 104 cm³/mol. The Morgan fingerprint density at radius 2 is 1.29 bits per heavy atom. The second-order valence-electron chi connectivity index (χ2n) is 6.97. The molecule has 0 spiro atoms. The number of likely N-dealkylation sites (tertiary alicyclic amines) is 1. The Morgan fingerprint density at radius 1 is 0.792 bits per heavy atom. The number of hydrogen-bond donors (Lipinski definition) is 0. The molecule has 1 heterocycles. The molecule has 1 aliphatic rings. The van der Waals surface area contributed by atoms with Crippen LogP contribution in [0.4, 0.5) is 0 Å². The molecule has 0 saturated carbocycles. The van der Waals surface area contributed by atoms with Gasteiger partial charge in [-0.3, -0.25) is 0 Å². The molecule has 3 heteroatoms. The molecular formula is C21H28BNO. The SMILES string of the molecule is Cc1ccc(B(OCCN2CCCCC2)c2ccc(C)cc2)cc1. The summed E-state index contributed by atoms with van der Waals surface area (Å²) in [6.45, 7) is 8.55. The third kappa shape index (κ3) is 4.72. The lowest BCUT2D eigenvalue weighted by Crippen LogP contribution is -2.46. The summed E-state index contributed by atoms with van der Waals surface area (Å²) in [5.74, 6) is 0. The third-order valence-electron chi connectivity index (χ3n) is 4.90. The van der Waals surface area contributed by atoms with Crippen LogP contribution < -0.4 is 10.9 Å². The van der Waals surface area contributed by atoms with Gasteiger partial charge in [-0.2, -0.15) is 0 Å². The molecule has 2 aromatic carbocycles. The van der Waals surface area contributed by atoms with E-state index in [1.54, 1.807) is 0 Å². The van der Waals surface area contributed by atoms with E-state index in [0.29, 0.717) is 0 Å². The Kier molecular flexibility index (Phi) is 6.11. The van der Waals surface area contributed by atoms with Crippen molar-refractivity contribution in [2.75, 3.05) is 26.2 Å². The summed E-state index contributed by atoms with van der Waals surface area (Å²) in [7, 11) is 0. The van der Waals surface area contributed by atoms with Crippen molar-refractivity contribution in [3.63, 3.8) is 0 Å². The molecular weight excluding hydrogens is 293 g/mol. The fourth-order valence-corrected chi connectivity index (χ4v) is 3.35. The van der Waals surface area contributed by atoms with Gasteiger partial charge in [-0.25, -0.2) is 0 Å². The maximum absolute atomic E-state index is 6.36. The van der Waals surface area contributed by atoms with Crippen LogP contribution in [-0.4, -0.2) is 38.1 Å². The van der Waals surface area contributed by atoms with Crippen LogP contribution in [0.1, 0.15) is 30.4 Å². The summed E-state index contributed by atoms with van der Waals surface area (Å²) >= 11 is 0. The average molecular weight is 321 g/mol. The van der Waals surface area contributed by atoms with Gasteiger partial charge in [0.05, 0.1) is 0 Å². The lowest BCUT2D eigenvalue weighted by molar-refractivity contribution is 0.186. The first-order valence-corrected chi connectivity index (χ1v) is 9.19. The Labute approximate surface area is 146 Å². The summed E-state index contributed by atoms with van der Waals surface area (Å²) in [6, 6.07) is 17.5. The fraction of sp³-hybridized carbons (Fsp3) is 0.429. The molecule has 0 unspecified atom stereocenters. The Bertz CT molecular complexity index is 572. The lowest BCUT2D eigenvalue weighted by atomic mass is 9.55. The van der Waals surface area contributed by atoms with Crippen molar-refractivity contribution in [1.82, 2.24) is 4.90 Å². The van der Waals surface area contributed by atoms with Crippen LogP contribution in [0.2, 0.25) is 0 Å². The Morgan fingerprint density at radius 3 is 1.79 bits per heavy atom. The first-order valence-electron chi connectivity index (χ1n) is 9.19. The molecule has 1 aliphatic heterocycles. The minimum absolute atomic E-state index is 0.0241. The standard InChI is InChI=1S/C21H28BNO/c1-18-6-10-20(11-7-18)22(21-12-8-19(2)9-13-21)24-17-16-23-14-4-3-5-15-23/h6-13H,3-5,14-17H2,1-2H3. The van der Waals surface area contributed by atoms with Crippen molar-refractivity contribution in [1.29, 1.82) is 0 Å². The van der Waals surface area contributed by atoms with E-state index in [1.807, 2.05) is 0 Å². The van der Waals surface area contributed by atoms with Gasteiger partial charge in [-0.1, -0.05) is 66.1 Å². The zero-order chi connectivity index (χ0) is 16.8. The van der Waals surface area contributed by atoms with E-state index in [-0.39, 0.29) is 6.92 Å². The van der Waals surface area contributed by atoms with Crippen LogP contribution in [0.3, 0.4) is 0 Å². The normalized spacial score (nSPS) is 15.4. The van der Waals surface area contributed by atoms with E-state index in [0.717, 1.165) is 13.2 Å². The van der Waals surface area contributed by atoms with Crippen molar-refractivity contribution in [3.05, 3.63) is 59.7 Å². The molecule has 2 nitrogen and oxygen atoms in total. The van der Waals surface area contributed by atoms with E-state index in [9.17, 15) is 0 Å². The number of benzene rings is 2. The second-order valence-corrected chi connectivity index (χ2v) is 6.97. The van der Waals surface area contributed by atoms with Crippen molar-refractivity contribution in [2.24, 2.45) is 0 Å². The van der Waals surface area contributed by atoms with E-state index in [4.69, 9.17) is 4.65 Å². The summed E-state index contributed by atoms with van der Waals surface area (Å²) in [4.78, 5) is 2.53. The van der Waals surface area contributed by atoms with Crippen molar-refractivity contribution >= 4 is 17.8 Å². The van der Waals surface area contributed by atoms with Crippen LogP contribution in [0.25, 0.3) is 0 Å². The van der Waals surface area contributed by atoms with Crippen molar-refractivity contribution in [2.45, 2.75) is 33.1 Å². The number of nitrogens with zero attached hydrogens (tertiary/aromatic N) is 1. The van der Waals surface area contributed by atoms with E-state index >= 15 is 0 Å². The molecule has 1 saturated heterocycles. The lowest BCUT2D eigenvalue weighted by Gasteiger charge is -2.27. The van der Waals surface area contributed by atoms with Gasteiger partial charge in [0, 0.05) is 13.2 Å². The predicted octanol–water partition coefficient (Wildman–Crippen LogP) is 2.91. The highest BCUT2D eigenvalue weighted by molar-refractivity contribution is 6.80. The third-order valence-corrected chi connectivity index (χ3v) is 4.90. The van der Waals surface area contributed by atoms with Gasteiger partial charge in [0.15, 0.2) is 0 Å². The summed E-state index contributed by atoms with van der Waals surface area (Å²) in [5, 5.41) is 0. The molecule has 0 aromatic heterocycles. The van der Waals surface area contributed by atoms with Gasteiger partial charge >= 0.3 is 6.92 Å². The largest absolute Gasteiger partial charge is 0.426 e. The van der Waals surface area contributed by atoms with Crippen LogP contribution in [0.5, 0.6) is 0 Å². The molecule has 1 fully saturated rings. The Hall–Kier alpha value is -1.58. The summed E-state index contributed by atoms with van der Waals surface area (Å²) < 4.78 is 6.36. The zero-order valence-corrected chi connectivity index (χ0v) is 15.0. The topological polar surface area (TPSA) is 12.5 Å². The number of aryl methyl sites for hydroxylation is 2. The van der Waals surface area contributed by atoms with Crippen LogP contribution in [-0.2, 0) is 4.65 Å². The Balaban J connectivity index is 1.69. The van der Waals surface area contributed by atoms with Gasteiger partial charge < -0.3 is 9.55 Å². The number of rotatable bonds is 6. The van der Waals surface area contributed by atoms with E-state index in [1.165, 1.54) is 54.4 Å². The van der Waals surface area contributed by atoms with Crippen LogP contribution >= 0.6 is 0 Å². The van der Waals surface area contributed by atoms with E-state index in [2.05, 4.69) is 67.3 Å². The maximum atomic E-state index is 6.36. The molecule has 0 N–H and O–H groups in total. The minimum Gasteiger partial charge on any atom is -0.426 e. The molecule has 0 radical (unpaired) electrons. The highest BCUT2D eigenvalue weighted by Gasteiger charge is 2.21. The number of hydrogen-bond acceptors (Lipinski definition) is 2. The zero-order valence-electron chi connectivity index (χ0n) is 15.0. The summed E-state index contributed by atoms with van der Waals surface area (Å²) in [6.07, 6.45) is 4.05. The van der Waals surface area contributed by atoms with Crippen molar-refractivity contribution in [3.8, 4) is 0 Å². The molecule has 0 amide bonds. The van der Waals surface area contributed by atoms with Crippen LogP contribution in [0, 0.1) is 13.8 Å². The van der Waals surface area contributed by atoms with Gasteiger partial charge in [-0.05, 0) is 50.7 Å². The first kappa shape index (κ1) is 17.3. The first-order chi connectivity index (χ1) is 11.7. The highest BCUT2D eigenvalue weighted by Crippen LogP contribution is 2.08. The molecule has 3 rings (SSSR count). The molecule has 24 heavy (non-hydrogen) atoms. The summed E-state index contributed by atoms with van der Waals surface area (Å²) in [5.41, 5.74) is 5.05. The average Bonchev–Trinajstić information content (AvgIpc) is 2.62. The quantitative estimate of drug-likeness (QED) is 0.759. The molecule has 2 aromatic rings. The fourth-order valence-electron chi connectivity index (χ4n) is 3.35. The minimum atomic E-state index is 0.0241. The smallest absolute Gasteiger partial charge is 0.361 e. The van der Waals surface area contributed by atoms with E-state index < -0.39 is 0 Å². The highest BCUT2D eigenvalue weighted by atomic mass is 16.4. The van der Waals surface area contributed by atoms with Crippen molar-refractivity contribution < 1.29 is 4.65 Å². The van der Waals surface area contributed by atoms with Crippen LogP contribution in [0.15, 0.2) is 48.5 Å². The van der Waals surface area contributed by atoms with Gasteiger partial charge in [0.1, 0.15) is 0 Å². The molecule has 0 aliphatic carbocycles. The van der Waals surface area contributed by atoms with Gasteiger partial charge in [0.2, 0.25) is 0 Å². The number of piperidine rings is 1. The molecule has 0 atom stereocenters. The van der Waals surface area contributed by atoms with Gasteiger partial charge in [0.25, 0.3) is 0 Å². The molecule has 126 valence electrons. The molecule has 0 bridgehead atoms. The maximum Gasteiger partial charge on any atom is 0.361 e. The monoisotopic (exact) mass is 321 g/mol. The van der Waals surface area contributed by atoms with Gasteiger partial charge in [-0.15, -0.1) is 0 Å².